The summed E-state index contributed by atoms with van der Waals surface area (Å²) in [5.41, 5.74) is 2.05. The molecule has 24 heavy (non-hydrogen) atoms. The van der Waals surface area contributed by atoms with Crippen molar-refractivity contribution < 1.29 is 14.5 Å². The molecule has 0 atom stereocenters. The van der Waals surface area contributed by atoms with Gasteiger partial charge in [-0.1, -0.05) is 18.7 Å². The molecule has 0 saturated heterocycles. The Morgan fingerprint density at radius 2 is 2.00 bits per heavy atom. The molecule has 6 heteroatoms. The van der Waals surface area contributed by atoms with E-state index in [9.17, 15) is 14.9 Å². The van der Waals surface area contributed by atoms with Crippen LogP contribution in [0, 0.1) is 17.0 Å². The van der Waals surface area contributed by atoms with Gasteiger partial charge in [-0.3, -0.25) is 14.9 Å². The van der Waals surface area contributed by atoms with E-state index in [4.69, 9.17) is 4.74 Å². The first-order valence-electron chi connectivity index (χ1n) is 7.31. The van der Waals surface area contributed by atoms with E-state index >= 15 is 0 Å². The highest BCUT2D eigenvalue weighted by Gasteiger charge is 2.15. The van der Waals surface area contributed by atoms with Gasteiger partial charge in [0.05, 0.1) is 16.2 Å². The zero-order valence-corrected chi connectivity index (χ0v) is 13.5. The zero-order valence-electron chi connectivity index (χ0n) is 13.5. The average molecular weight is 326 g/mol. The molecular formula is C18H18N2O4. The van der Waals surface area contributed by atoms with Crippen molar-refractivity contribution >= 4 is 17.3 Å². The predicted molar refractivity (Wildman–Crippen MR) is 92.5 cm³/mol. The van der Waals surface area contributed by atoms with Crippen LogP contribution in [0.2, 0.25) is 0 Å². The van der Waals surface area contributed by atoms with Crippen molar-refractivity contribution in [2.24, 2.45) is 0 Å². The number of hydrogen-bond donors (Lipinski definition) is 1. The third-order valence-corrected chi connectivity index (χ3v) is 3.33. The summed E-state index contributed by atoms with van der Waals surface area (Å²) in [4.78, 5) is 22.9. The van der Waals surface area contributed by atoms with Crippen LogP contribution in [0.15, 0.2) is 54.6 Å². The third-order valence-electron chi connectivity index (χ3n) is 3.33. The lowest BCUT2D eigenvalue weighted by Gasteiger charge is -2.10. The van der Waals surface area contributed by atoms with E-state index in [-0.39, 0.29) is 11.6 Å². The van der Waals surface area contributed by atoms with E-state index < -0.39 is 4.92 Å². The molecule has 0 aliphatic carbocycles. The van der Waals surface area contributed by atoms with E-state index in [0.717, 1.165) is 5.57 Å². The summed E-state index contributed by atoms with van der Waals surface area (Å²) in [6.45, 7) is 7.57. The van der Waals surface area contributed by atoms with E-state index in [1.165, 1.54) is 12.1 Å². The molecule has 1 amide bonds. The lowest BCUT2D eigenvalue weighted by Crippen LogP contribution is -2.13. The molecule has 0 aliphatic heterocycles. The molecular weight excluding hydrogens is 308 g/mol. The Balaban J connectivity index is 2.18. The van der Waals surface area contributed by atoms with Crippen LogP contribution in [0.3, 0.4) is 0 Å². The van der Waals surface area contributed by atoms with Crippen molar-refractivity contribution in [2.45, 2.75) is 13.8 Å². The molecule has 1 N–H and O–H groups in total. The second kappa shape index (κ2) is 7.41. The standard InChI is InChI=1S/C18H18N2O4/c1-12(2)11-24-15-7-4-6-14(10-15)18(21)19-16-8-5-9-17(13(16)3)20(22)23/h4-10H,1,11H2,2-3H3,(H,19,21). The van der Waals surface area contributed by atoms with Crippen LogP contribution in [-0.2, 0) is 0 Å². The maximum absolute atomic E-state index is 12.4. The van der Waals surface area contributed by atoms with Crippen LogP contribution in [-0.4, -0.2) is 17.4 Å². The van der Waals surface area contributed by atoms with Gasteiger partial charge in [0.25, 0.3) is 11.6 Å². The fraction of sp³-hybridized carbons (Fsp3) is 0.167. The number of anilines is 1. The molecule has 0 spiro atoms. The van der Waals surface area contributed by atoms with Gasteiger partial charge in [0.2, 0.25) is 0 Å². The second-order valence-electron chi connectivity index (χ2n) is 5.43. The van der Waals surface area contributed by atoms with E-state index in [1.54, 1.807) is 37.3 Å². The summed E-state index contributed by atoms with van der Waals surface area (Å²) in [6, 6.07) is 11.3. The van der Waals surface area contributed by atoms with Crippen LogP contribution in [0.25, 0.3) is 0 Å². The largest absolute Gasteiger partial charge is 0.489 e. The molecule has 0 saturated carbocycles. The number of amides is 1. The number of benzene rings is 2. The zero-order chi connectivity index (χ0) is 17.7. The molecule has 0 aliphatic rings. The number of hydrogen-bond acceptors (Lipinski definition) is 4. The number of rotatable bonds is 6. The van der Waals surface area contributed by atoms with E-state index in [2.05, 4.69) is 11.9 Å². The van der Waals surface area contributed by atoms with Gasteiger partial charge < -0.3 is 10.1 Å². The number of nitro benzene ring substituents is 1. The van der Waals surface area contributed by atoms with Gasteiger partial charge >= 0.3 is 0 Å². The van der Waals surface area contributed by atoms with Crippen molar-refractivity contribution in [2.75, 3.05) is 11.9 Å². The van der Waals surface area contributed by atoms with Gasteiger partial charge in [-0.05, 0) is 43.7 Å². The van der Waals surface area contributed by atoms with Crippen LogP contribution >= 0.6 is 0 Å². The topological polar surface area (TPSA) is 81.5 Å². The molecule has 0 bridgehead atoms. The monoisotopic (exact) mass is 326 g/mol. The molecule has 0 unspecified atom stereocenters. The van der Waals surface area contributed by atoms with Gasteiger partial charge in [0.1, 0.15) is 12.4 Å². The second-order valence-corrected chi connectivity index (χ2v) is 5.43. The summed E-state index contributed by atoms with van der Waals surface area (Å²) in [6.07, 6.45) is 0. The Hall–Kier alpha value is -3.15. The smallest absolute Gasteiger partial charge is 0.274 e. The minimum atomic E-state index is -0.475. The highest BCUT2D eigenvalue weighted by Crippen LogP contribution is 2.25. The average Bonchev–Trinajstić information content (AvgIpc) is 2.54. The fourth-order valence-corrected chi connectivity index (χ4v) is 2.08. The highest BCUT2D eigenvalue weighted by atomic mass is 16.6. The van der Waals surface area contributed by atoms with Crippen LogP contribution in [0.4, 0.5) is 11.4 Å². The van der Waals surface area contributed by atoms with Crippen molar-refractivity contribution in [1.82, 2.24) is 0 Å². The third kappa shape index (κ3) is 4.19. The molecule has 2 aromatic rings. The maximum Gasteiger partial charge on any atom is 0.274 e. The van der Waals surface area contributed by atoms with Crippen molar-refractivity contribution in [3.05, 3.63) is 75.9 Å². The van der Waals surface area contributed by atoms with Crippen molar-refractivity contribution in [3.63, 3.8) is 0 Å². The lowest BCUT2D eigenvalue weighted by atomic mass is 10.1. The van der Waals surface area contributed by atoms with E-state index in [0.29, 0.717) is 29.2 Å². The molecule has 2 aromatic carbocycles. The molecule has 124 valence electrons. The number of nitrogens with zero attached hydrogens (tertiary/aromatic N) is 1. The van der Waals surface area contributed by atoms with Crippen LogP contribution < -0.4 is 10.1 Å². The Kier molecular flexibility index (Phi) is 5.31. The van der Waals surface area contributed by atoms with Gasteiger partial charge in [0.15, 0.2) is 0 Å². The minimum Gasteiger partial charge on any atom is -0.489 e. The highest BCUT2D eigenvalue weighted by molar-refractivity contribution is 6.05. The maximum atomic E-state index is 12.4. The number of carbonyl (C=O) groups excluding carboxylic acids is 1. The quantitative estimate of drug-likeness (QED) is 0.492. The molecule has 0 heterocycles. The number of ether oxygens (including phenoxy) is 1. The lowest BCUT2D eigenvalue weighted by molar-refractivity contribution is -0.385. The molecule has 6 nitrogen and oxygen atoms in total. The molecule has 2 rings (SSSR count). The Bertz CT molecular complexity index is 799. The summed E-state index contributed by atoms with van der Waals surface area (Å²) in [7, 11) is 0. The van der Waals surface area contributed by atoms with Gasteiger partial charge in [-0.25, -0.2) is 0 Å². The first-order chi connectivity index (χ1) is 11.4. The summed E-state index contributed by atoms with van der Waals surface area (Å²) in [5, 5.41) is 13.7. The molecule has 0 radical (unpaired) electrons. The van der Waals surface area contributed by atoms with Crippen LogP contribution in [0.1, 0.15) is 22.8 Å². The number of nitro groups is 1. The predicted octanol–water partition coefficient (Wildman–Crippen LogP) is 4.11. The molecule has 0 fully saturated rings. The normalized spacial score (nSPS) is 10.1. The number of nitrogens with one attached hydrogen (secondary N) is 1. The summed E-state index contributed by atoms with van der Waals surface area (Å²) < 4.78 is 5.51. The van der Waals surface area contributed by atoms with E-state index in [1.807, 2.05) is 6.92 Å². The number of carbonyl (C=O) groups is 1. The Morgan fingerprint density at radius 3 is 2.67 bits per heavy atom. The Morgan fingerprint density at radius 1 is 1.29 bits per heavy atom. The van der Waals surface area contributed by atoms with Gasteiger partial charge in [-0.15, -0.1) is 0 Å². The van der Waals surface area contributed by atoms with Crippen LogP contribution in [0.5, 0.6) is 5.75 Å². The first-order valence-corrected chi connectivity index (χ1v) is 7.31. The first kappa shape index (κ1) is 17.2. The van der Waals surface area contributed by atoms with Crippen molar-refractivity contribution in [3.8, 4) is 5.75 Å². The minimum absolute atomic E-state index is 0.0358. The SMILES string of the molecule is C=C(C)COc1cccc(C(=O)Nc2cccc([N+](=O)[O-])c2C)c1. The van der Waals surface area contributed by atoms with Gasteiger partial charge in [-0.2, -0.15) is 0 Å². The van der Waals surface area contributed by atoms with Crippen molar-refractivity contribution in [1.29, 1.82) is 0 Å². The molecule has 0 aromatic heterocycles. The Labute approximate surface area is 139 Å². The summed E-state index contributed by atoms with van der Waals surface area (Å²) in [5.74, 6) is 0.195. The summed E-state index contributed by atoms with van der Waals surface area (Å²) >= 11 is 0. The fourth-order valence-electron chi connectivity index (χ4n) is 2.08. The van der Waals surface area contributed by atoms with Gasteiger partial charge in [0, 0.05) is 11.6 Å².